The molecule has 0 atom stereocenters. The first-order valence-corrected chi connectivity index (χ1v) is 3.70. The second-order valence-corrected chi connectivity index (χ2v) is 3.31. The zero-order valence-electron chi connectivity index (χ0n) is 2.10. The Morgan fingerprint density at radius 3 is 1.50 bits per heavy atom. The SMILES string of the molecule is O=[P](O)(O)[Fe].[CaH2]. The van der Waals surface area contributed by atoms with Crippen molar-refractivity contribution in [1.29, 1.82) is 0 Å². The molecule has 0 rings (SSSR count). The van der Waals surface area contributed by atoms with Crippen LogP contribution in [-0.2, 0) is 20.1 Å². The summed E-state index contributed by atoms with van der Waals surface area (Å²) in [5.41, 5.74) is 0. The molecule has 0 aliphatic rings. The van der Waals surface area contributed by atoms with E-state index in [9.17, 15) is 4.57 Å². The van der Waals surface area contributed by atoms with Crippen LogP contribution >= 0.6 is 6.29 Å². The van der Waals surface area contributed by atoms with Crippen molar-refractivity contribution in [3.8, 4) is 0 Å². The van der Waals surface area contributed by atoms with Crippen LogP contribution in [-0.4, -0.2) is 47.5 Å². The molecule has 0 fully saturated rings. The molecule has 0 aromatic carbocycles. The summed E-state index contributed by atoms with van der Waals surface area (Å²) in [6, 6.07) is 0. The average molecular weight is 179 g/mol. The molecule has 6 heteroatoms. The molecule has 0 aliphatic carbocycles. The van der Waals surface area contributed by atoms with Gasteiger partial charge in [-0.1, -0.05) is 0 Å². The van der Waals surface area contributed by atoms with E-state index < -0.39 is 6.29 Å². The monoisotopic (exact) mass is 179 g/mol. The van der Waals surface area contributed by atoms with Crippen LogP contribution < -0.4 is 0 Å². The first kappa shape index (κ1) is 10.8. The fourth-order valence-corrected chi connectivity index (χ4v) is 0. The molecule has 0 amide bonds. The van der Waals surface area contributed by atoms with Crippen molar-refractivity contribution >= 4 is 44.0 Å². The van der Waals surface area contributed by atoms with Gasteiger partial charge in [0, 0.05) is 0 Å². The van der Waals surface area contributed by atoms with Crippen LogP contribution in [0.25, 0.3) is 0 Å². The van der Waals surface area contributed by atoms with Gasteiger partial charge in [0.1, 0.15) is 0 Å². The molecule has 0 aliphatic heterocycles. The van der Waals surface area contributed by atoms with Crippen molar-refractivity contribution in [3.05, 3.63) is 0 Å². The van der Waals surface area contributed by atoms with Crippen LogP contribution in [0.3, 0.4) is 0 Å². The summed E-state index contributed by atoms with van der Waals surface area (Å²) in [6.07, 6.45) is -3.89. The Balaban J connectivity index is 0. The third kappa shape index (κ3) is 38.7. The predicted octanol–water partition coefficient (Wildman–Crippen LogP) is -1.29. The predicted molar refractivity (Wildman–Crippen MR) is 20.6 cm³/mol. The van der Waals surface area contributed by atoms with E-state index in [-0.39, 0.29) is 37.7 Å². The minimum absolute atomic E-state index is 0. The van der Waals surface area contributed by atoms with Crippen molar-refractivity contribution < 1.29 is 29.9 Å². The van der Waals surface area contributed by atoms with Crippen LogP contribution in [0.1, 0.15) is 0 Å². The van der Waals surface area contributed by atoms with E-state index in [2.05, 4.69) is 15.6 Å². The molecule has 0 saturated carbocycles. The Hall–Kier alpha value is 1.93. The van der Waals surface area contributed by atoms with E-state index in [0.717, 1.165) is 0 Å². The molecule has 37 valence electrons. The Morgan fingerprint density at radius 1 is 1.50 bits per heavy atom. The molecule has 2 N–H and O–H groups in total. The van der Waals surface area contributed by atoms with Crippen LogP contribution in [0.15, 0.2) is 0 Å². The van der Waals surface area contributed by atoms with Crippen molar-refractivity contribution in [2.75, 3.05) is 0 Å². The van der Waals surface area contributed by atoms with Gasteiger partial charge in [0.25, 0.3) is 0 Å². The van der Waals surface area contributed by atoms with Gasteiger partial charge in [-0.3, -0.25) is 0 Å². The topological polar surface area (TPSA) is 57.5 Å². The quantitative estimate of drug-likeness (QED) is 0.359. The van der Waals surface area contributed by atoms with E-state index in [1.54, 1.807) is 0 Å². The summed E-state index contributed by atoms with van der Waals surface area (Å²) in [6.45, 7) is 0. The van der Waals surface area contributed by atoms with Crippen LogP contribution in [0.4, 0.5) is 0 Å². The number of rotatable bonds is 0. The molecule has 0 spiro atoms. The average Bonchev–Trinajstić information content (AvgIpc) is 0.722. The summed E-state index contributed by atoms with van der Waals surface area (Å²) in [5.74, 6) is 0. The molecular weight excluding hydrogens is 175 g/mol. The summed E-state index contributed by atoms with van der Waals surface area (Å²) in [7, 11) is 0. The normalized spacial score (nSPS) is 9.83. The minimum atomic E-state index is -3.89. The van der Waals surface area contributed by atoms with Crippen molar-refractivity contribution in [2.45, 2.75) is 0 Å². The number of hydrogen-bond acceptors (Lipinski definition) is 1. The third-order valence-corrected chi connectivity index (χ3v) is 0. The van der Waals surface area contributed by atoms with Gasteiger partial charge < -0.3 is 0 Å². The van der Waals surface area contributed by atoms with Crippen LogP contribution in [0, 0.1) is 0 Å². The molecule has 0 aromatic heterocycles. The van der Waals surface area contributed by atoms with Gasteiger partial charge in [-0.15, -0.1) is 0 Å². The van der Waals surface area contributed by atoms with Gasteiger partial charge in [0.2, 0.25) is 0 Å². The van der Waals surface area contributed by atoms with Crippen LogP contribution in [0.5, 0.6) is 0 Å². The van der Waals surface area contributed by atoms with E-state index in [4.69, 9.17) is 9.79 Å². The van der Waals surface area contributed by atoms with Gasteiger partial charge in [0.15, 0.2) is 0 Å². The maximum absolute atomic E-state index is 9.22. The molecule has 6 heavy (non-hydrogen) atoms. The van der Waals surface area contributed by atoms with E-state index >= 15 is 0 Å². The molecule has 0 saturated heterocycles. The molecule has 0 radical (unpaired) electrons. The molecule has 0 heterocycles. The van der Waals surface area contributed by atoms with E-state index in [1.165, 1.54) is 0 Å². The zero-order valence-corrected chi connectivity index (χ0v) is 4.10. The first-order valence-electron chi connectivity index (χ1n) is 0.741. The molecule has 0 aromatic rings. The number of hydrogen-bond donors (Lipinski definition) is 2. The fraction of sp³-hybridized carbons (Fsp3) is 0. The first-order chi connectivity index (χ1) is 2.00. The summed E-state index contributed by atoms with van der Waals surface area (Å²) < 4.78 is 9.22. The van der Waals surface area contributed by atoms with Gasteiger partial charge >= 0.3 is 73.9 Å². The Labute approximate surface area is 73.1 Å². The second-order valence-electron chi connectivity index (χ2n) is 0.459. The third-order valence-electron chi connectivity index (χ3n) is 0. The molecular formula is H4CaFeO3P. The van der Waals surface area contributed by atoms with Crippen molar-refractivity contribution in [2.24, 2.45) is 0 Å². The maximum atomic E-state index is 9.22. The van der Waals surface area contributed by atoms with Gasteiger partial charge in [0.05, 0.1) is 0 Å². The summed E-state index contributed by atoms with van der Waals surface area (Å²) >= 11 is 2.44. The molecule has 0 bridgehead atoms. The van der Waals surface area contributed by atoms with Crippen molar-refractivity contribution in [3.63, 3.8) is 0 Å². The fourth-order valence-electron chi connectivity index (χ4n) is 0. The van der Waals surface area contributed by atoms with E-state index in [1.807, 2.05) is 0 Å². The zero-order chi connectivity index (χ0) is 4.50. The Kier molecular flexibility index (Phi) is 6.99. The van der Waals surface area contributed by atoms with E-state index in [0.29, 0.717) is 0 Å². The molecule has 3 nitrogen and oxygen atoms in total. The Bertz CT molecular complexity index is 56.9. The standard InChI is InChI=1S/Ca.Fe.HO3P.2H/c;;1-4(2)3;;/h;;(H-,1,2,3);;/q;-1;;;/p+1. The van der Waals surface area contributed by atoms with Gasteiger partial charge in [-0.05, 0) is 0 Å². The van der Waals surface area contributed by atoms with Gasteiger partial charge in [-0.25, -0.2) is 0 Å². The molecule has 0 unspecified atom stereocenters. The van der Waals surface area contributed by atoms with Gasteiger partial charge in [-0.2, -0.15) is 0 Å². The Morgan fingerprint density at radius 2 is 1.50 bits per heavy atom. The van der Waals surface area contributed by atoms with Crippen molar-refractivity contribution in [1.82, 2.24) is 0 Å². The second kappa shape index (κ2) is 3.87. The van der Waals surface area contributed by atoms with Crippen LogP contribution in [0.2, 0.25) is 0 Å². The summed E-state index contributed by atoms with van der Waals surface area (Å²) in [4.78, 5) is 15.0. The summed E-state index contributed by atoms with van der Waals surface area (Å²) in [5, 5.41) is 0.